The van der Waals surface area contributed by atoms with E-state index in [9.17, 15) is 4.79 Å². The lowest BCUT2D eigenvalue weighted by Crippen LogP contribution is -2.26. The van der Waals surface area contributed by atoms with Gasteiger partial charge in [-0.15, -0.1) is 0 Å². The van der Waals surface area contributed by atoms with Crippen LogP contribution in [-0.4, -0.2) is 45.2 Å². The lowest BCUT2D eigenvalue weighted by molar-refractivity contribution is -0.141. The second-order valence-electron chi connectivity index (χ2n) is 4.33. The number of carbonyl (C=O) groups is 1. The lowest BCUT2D eigenvalue weighted by atomic mass is 10.1. The molecule has 5 heteroatoms. The molecule has 0 aromatic carbocycles. The van der Waals surface area contributed by atoms with Gasteiger partial charge in [-0.05, 0) is 13.0 Å². The Morgan fingerprint density at radius 3 is 3.06 bits per heavy atom. The summed E-state index contributed by atoms with van der Waals surface area (Å²) in [6, 6.07) is 0. The molecule has 0 radical (unpaired) electrons. The number of nitrogens with zero attached hydrogens (tertiary/aromatic N) is 3. The third-order valence-corrected chi connectivity index (χ3v) is 3.19. The van der Waals surface area contributed by atoms with E-state index < -0.39 is 5.97 Å². The highest BCUT2D eigenvalue weighted by molar-refractivity contribution is 5.70. The van der Waals surface area contributed by atoms with E-state index in [0.29, 0.717) is 6.54 Å². The molecule has 0 aliphatic carbocycles. The number of hydrogen-bond acceptors (Lipinski definition) is 3. The van der Waals surface area contributed by atoms with E-state index in [4.69, 9.17) is 5.11 Å². The largest absolute Gasteiger partial charge is 0.481 e. The van der Waals surface area contributed by atoms with Gasteiger partial charge in [-0.1, -0.05) is 0 Å². The van der Waals surface area contributed by atoms with Crippen LogP contribution in [0.5, 0.6) is 0 Å². The van der Waals surface area contributed by atoms with Gasteiger partial charge < -0.3 is 14.6 Å². The van der Waals surface area contributed by atoms with Gasteiger partial charge in [0.2, 0.25) is 0 Å². The van der Waals surface area contributed by atoms with Gasteiger partial charge in [-0.2, -0.15) is 0 Å². The van der Waals surface area contributed by atoms with E-state index in [1.165, 1.54) is 0 Å². The maximum Gasteiger partial charge on any atom is 0.307 e. The maximum atomic E-state index is 10.8. The second-order valence-corrected chi connectivity index (χ2v) is 4.33. The molecule has 0 bridgehead atoms. The molecule has 1 fully saturated rings. The molecule has 1 aromatic heterocycles. The van der Waals surface area contributed by atoms with Crippen molar-refractivity contribution in [3.05, 3.63) is 18.2 Å². The molecule has 0 spiro atoms. The molecule has 5 nitrogen and oxygen atoms in total. The summed E-state index contributed by atoms with van der Waals surface area (Å²) < 4.78 is 2.00. The van der Waals surface area contributed by atoms with Crippen molar-refractivity contribution in [3.8, 4) is 0 Å². The Balaban J connectivity index is 1.80. The van der Waals surface area contributed by atoms with Crippen molar-refractivity contribution in [2.45, 2.75) is 12.8 Å². The predicted molar refractivity (Wildman–Crippen MR) is 59.1 cm³/mol. The summed E-state index contributed by atoms with van der Waals surface area (Å²) in [5.74, 6) is 0.208. The fourth-order valence-corrected chi connectivity index (χ4v) is 2.13. The summed E-state index contributed by atoms with van der Waals surface area (Å²) in [5.41, 5.74) is 0. The van der Waals surface area contributed by atoms with Crippen LogP contribution in [0, 0.1) is 5.92 Å². The summed E-state index contributed by atoms with van der Waals surface area (Å²) in [5, 5.41) is 8.88. The van der Waals surface area contributed by atoms with Gasteiger partial charge in [0.15, 0.2) is 0 Å². The lowest BCUT2D eigenvalue weighted by Gasteiger charge is -2.14. The van der Waals surface area contributed by atoms with Gasteiger partial charge in [-0.25, -0.2) is 4.98 Å². The van der Waals surface area contributed by atoms with E-state index in [1.54, 1.807) is 6.20 Å². The fraction of sp³-hybridized carbons (Fsp3) is 0.636. The van der Waals surface area contributed by atoms with Crippen molar-refractivity contribution in [2.24, 2.45) is 13.0 Å². The minimum atomic E-state index is -0.667. The highest BCUT2D eigenvalue weighted by Gasteiger charge is 2.27. The number of hydrogen-bond donors (Lipinski definition) is 1. The number of likely N-dealkylation sites (tertiary alicyclic amines) is 1. The minimum absolute atomic E-state index is 0.179. The number of aryl methyl sites for hydroxylation is 1. The summed E-state index contributed by atoms with van der Waals surface area (Å²) in [7, 11) is 1.98. The first-order valence-corrected chi connectivity index (χ1v) is 5.58. The molecule has 0 saturated carbocycles. The van der Waals surface area contributed by atoms with Crippen LogP contribution in [0.2, 0.25) is 0 Å². The first-order valence-electron chi connectivity index (χ1n) is 5.58. The molecule has 1 atom stereocenters. The number of carboxylic acid groups (broad SMARTS) is 1. The number of carboxylic acids is 1. The standard InChI is InChI=1S/C11H17N3O2/c1-13-7-4-12-10(13)3-6-14-5-2-9(8-14)11(15)16/h4,7,9H,2-3,5-6,8H2,1H3,(H,15,16). The van der Waals surface area contributed by atoms with Gasteiger partial charge in [0.1, 0.15) is 5.82 Å². The molecule has 0 amide bonds. The molecule has 1 saturated heterocycles. The topological polar surface area (TPSA) is 58.4 Å². The summed E-state index contributed by atoms with van der Waals surface area (Å²) >= 11 is 0. The first-order chi connectivity index (χ1) is 7.66. The smallest absolute Gasteiger partial charge is 0.307 e. The molecule has 16 heavy (non-hydrogen) atoms. The highest BCUT2D eigenvalue weighted by atomic mass is 16.4. The second kappa shape index (κ2) is 4.65. The monoisotopic (exact) mass is 223 g/mol. The third kappa shape index (κ3) is 2.41. The molecular formula is C11H17N3O2. The van der Waals surface area contributed by atoms with Crippen molar-refractivity contribution in [1.29, 1.82) is 0 Å². The zero-order valence-corrected chi connectivity index (χ0v) is 9.46. The number of aliphatic carboxylic acids is 1. The summed E-state index contributed by atoms with van der Waals surface area (Å²) in [6.07, 6.45) is 5.38. The van der Waals surface area contributed by atoms with E-state index in [2.05, 4.69) is 9.88 Å². The molecule has 2 rings (SSSR count). The number of aromatic nitrogens is 2. The van der Waals surface area contributed by atoms with Crippen LogP contribution < -0.4 is 0 Å². The Hall–Kier alpha value is -1.36. The van der Waals surface area contributed by atoms with E-state index in [0.717, 1.165) is 31.8 Å². The molecule has 1 aromatic rings. The number of imidazole rings is 1. The van der Waals surface area contributed by atoms with Crippen molar-refractivity contribution in [3.63, 3.8) is 0 Å². The zero-order valence-electron chi connectivity index (χ0n) is 9.46. The van der Waals surface area contributed by atoms with Crippen molar-refractivity contribution >= 4 is 5.97 Å². The molecule has 1 unspecified atom stereocenters. The Kier molecular flexibility index (Phi) is 3.24. The van der Waals surface area contributed by atoms with Crippen LogP contribution >= 0.6 is 0 Å². The highest BCUT2D eigenvalue weighted by Crippen LogP contribution is 2.16. The third-order valence-electron chi connectivity index (χ3n) is 3.19. The van der Waals surface area contributed by atoms with Crippen molar-refractivity contribution < 1.29 is 9.90 Å². The number of rotatable bonds is 4. The van der Waals surface area contributed by atoms with Gasteiger partial charge in [0, 0.05) is 39.0 Å². The van der Waals surface area contributed by atoms with E-state index in [1.807, 2.05) is 17.8 Å². The maximum absolute atomic E-state index is 10.8. The van der Waals surface area contributed by atoms with Gasteiger partial charge in [0.25, 0.3) is 0 Å². The predicted octanol–water partition coefficient (Wildman–Crippen LogP) is 0.369. The quantitative estimate of drug-likeness (QED) is 0.801. The SMILES string of the molecule is Cn1ccnc1CCN1CCC(C(=O)O)C1. The van der Waals surface area contributed by atoms with E-state index in [-0.39, 0.29) is 5.92 Å². The average Bonchev–Trinajstić information content (AvgIpc) is 2.83. The molecule has 1 aliphatic heterocycles. The Morgan fingerprint density at radius 2 is 2.50 bits per heavy atom. The molecule has 1 N–H and O–H groups in total. The van der Waals surface area contributed by atoms with Crippen molar-refractivity contribution in [2.75, 3.05) is 19.6 Å². The summed E-state index contributed by atoms with van der Waals surface area (Å²) in [6.45, 7) is 2.47. The van der Waals surface area contributed by atoms with Crippen LogP contribution in [0.1, 0.15) is 12.2 Å². The summed E-state index contributed by atoms with van der Waals surface area (Å²) in [4.78, 5) is 17.2. The van der Waals surface area contributed by atoms with Crippen LogP contribution in [0.25, 0.3) is 0 Å². The first kappa shape index (κ1) is 11.1. The van der Waals surface area contributed by atoms with Crippen LogP contribution in [0.4, 0.5) is 0 Å². The molecular weight excluding hydrogens is 206 g/mol. The Morgan fingerprint density at radius 1 is 1.69 bits per heavy atom. The van der Waals surface area contributed by atoms with Crippen LogP contribution in [-0.2, 0) is 18.3 Å². The molecule has 88 valence electrons. The van der Waals surface area contributed by atoms with Gasteiger partial charge >= 0.3 is 5.97 Å². The Labute approximate surface area is 94.7 Å². The zero-order chi connectivity index (χ0) is 11.5. The molecule has 1 aliphatic rings. The van der Waals surface area contributed by atoms with Gasteiger partial charge in [-0.3, -0.25) is 4.79 Å². The minimum Gasteiger partial charge on any atom is -0.481 e. The van der Waals surface area contributed by atoms with Crippen molar-refractivity contribution in [1.82, 2.24) is 14.5 Å². The normalized spacial score (nSPS) is 21.4. The fourth-order valence-electron chi connectivity index (χ4n) is 2.13. The Bertz CT molecular complexity index is 375. The average molecular weight is 223 g/mol. The van der Waals surface area contributed by atoms with Gasteiger partial charge in [0.05, 0.1) is 5.92 Å². The van der Waals surface area contributed by atoms with E-state index >= 15 is 0 Å². The van der Waals surface area contributed by atoms with Crippen LogP contribution in [0.15, 0.2) is 12.4 Å². The van der Waals surface area contributed by atoms with Crippen LogP contribution in [0.3, 0.4) is 0 Å². The molecule has 2 heterocycles.